The van der Waals surface area contributed by atoms with Gasteiger partial charge in [0.05, 0.1) is 0 Å². The normalized spacial score (nSPS) is 9.85. The van der Waals surface area contributed by atoms with Crippen molar-refractivity contribution in [3.63, 3.8) is 0 Å². The molecule has 2 amide bonds. The van der Waals surface area contributed by atoms with Crippen LogP contribution in [0.25, 0.3) is 0 Å². The minimum atomic E-state index is -0.454. The van der Waals surface area contributed by atoms with Crippen LogP contribution in [0.4, 0.5) is 0 Å². The Kier molecular flexibility index (Phi) is 8.02. The lowest BCUT2D eigenvalue weighted by atomic mass is 10.2. The van der Waals surface area contributed by atoms with Crippen LogP contribution < -0.4 is 25.6 Å². The summed E-state index contributed by atoms with van der Waals surface area (Å²) in [7, 11) is 0. The molecule has 0 aliphatic heterocycles. The maximum atomic E-state index is 11.9. The molecule has 7 nitrogen and oxygen atoms in total. The van der Waals surface area contributed by atoms with Crippen LogP contribution in [0, 0.1) is 6.92 Å². The highest BCUT2D eigenvalue weighted by Crippen LogP contribution is 2.21. The Morgan fingerprint density at radius 3 is 2.41 bits per heavy atom. The summed E-state index contributed by atoms with van der Waals surface area (Å²) in [5, 5.41) is 2.35. The number of benzene rings is 2. The number of ether oxygens (including phenoxy) is 2. The van der Waals surface area contributed by atoms with Crippen molar-refractivity contribution in [2.24, 2.45) is 0 Å². The Balaban J connectivity index is 1.65. The number of hydrazine groups is 1. The first-order chi connectivity index (χ1) is 12.9. The topological polar surface area (TPSA) is 88.7 Å². The summed E-state index contributed by atoms with van der Waals surface area (Å²) in [4.78, 5) is 23.5. The van der Waals surface area contributed by atoms with Gasteiger partial charge in [-0.15, -0.1) is 0 Å². The number of carbonyl (C=O) groups is 2. The lowest BCUT2D eigenvalue weighted by Crippen LogP contribution is -2.50. The third-order valence-electron chi connectivity index (χ3n) is 3.18. The molecule has 2 aromatic rings. The summed E-state index contributed by atoms with van der Waals surface area (Å²) in [6, 6.07) is 14.4. The SMILES string of the molecule is Cc1cc(Br)ccc1OCC(=O)NC(=S)NNC(=O)COc1ccccc1. The summed E-state index contributed by atoms with van der Waals surface area (Å²) in [5.41, 5.74) is 5.65. The zero-order valence-electron chi connectivity index (χ0n) is 14.5. The molecule has 0 bridgehead atoms. The minimum absolute atomic E-state index is 0.0517. The third kappa shape index (κ3) is 7.63. The fraction of sp³-hybridized carbons (Fsp3) is 0.167. The molecule has 0 spiro atoms. The van der Waals surface area contributed by atoms with Crippen LogP contribution in [-0.2, 0) is 9.59 Å². The average Bonchev–Trinajstić information content (AvgIpc) is 2.65. The number of carbonyl (C=O) groups excluding carboxylic acids is 2. The molecule has 0 saturated carbocycles. The lowest BCUT2D eigenvalue weighted by molar-refractivity contribution is -0.124. The predicted octanol–water partition coefficient (Wildman–Crippen LogP) is 2.24. The van der Waals surface area contributed by atoms with Gasteiger partial charge in [-0.25, -0.2) is 0 Å². The zero-order valence-corrected chi connectivity index (χ0v) is 16.9. The summed E-state index contributed by atoms with van der Waals surface area (Å²) in [6.45, 7) is 1.46. The van der Waals surface area contributed by atoms with Crippen LogP contribution in [0.2, 0.25) is 0 Å². The molecule has 0 aromatic heterocycles. The van der Waals surface area contributed by atoms with Crippen molar-refractivity contribution >= 4 is 45.1 Å². The Morgan fingerprint density at radius 2 is 1.70 bits per heavy atom. The number of para-hydroxylation sites is 1. The van der Waals surface area contributed by atoms with Gasteiger partial charge >= 0.3 is 0 Å². The first-order valence-corrected chi connectivity index (χ1v) is 9.09. The molecule has 0 saturated heterocycles. The smallest absolute Gasteiger partial charge is 0.276 e. The van der Waals surface area contributed by atoms with Gasteiger partial charge in [-0.3, -0.25) is 25.8 Å². The summed E-state index contributed by atoms with van der Waals surface area (Å²) >= 11 is 8.30. The molecule has 2 aromatic carbocycles. The van der Waals surface area contributed by atoms with E-state index < -0.39 is 11.8 Å². The molecular weight excluding hydrogens is 434 g/mol. The molecule has 0 unspecified atom stereocenters. The van der Waals surface area contributed by atoms with Gasteiger partial charge in [0.2, 0.25) is 0 Å². The quantitative estimate of drug-likeness (QED) is 0.460. The van der Waals surface area contributed by atoms with E-state index in [2.05, 4.69) is 32.1 Å². The number of thiocarbonyl (C=S) groups is 1. The minimum Gasteiger partial charge on any atom is -0.484 e. The van der Waals surface area contributed by atoms with Gasteiger partial charge in [0, 0.05) is 4.47 Å². The van der Waals surface area contributed by atoms with E-state index in [0.717, 1.165) is 10.0 Å². The Morgan fingerprint density at radius 1 is 1.00 bits per heavy atom. The van der Waals surface area contributed by atoms with Crippen LogP contribution in [0.3, 0.4) is 0 Å². The van der Waals surface area contributed by atoms with E-state index in [1.54, 1.807) is 30.3 Å². The van der Waals surface area contributed by atoms with E-state index in [1.807, 2.05) is 25.1 Å². The summed E-state index contributed by atoms with van der Waals surface area (Å²) < 4.78 is 11.6. The van der Waals surface area contributed by atoms with Crippen LogP contribution >= 0.6 is 28.1 Å². The van der Waals surface area contributed by atoms with E-state index >= 15 is 0 Å². The number of hydrogen-bond donors (Lipinski definition) is 3. The second-order valence-corrected chi connectivity index (χ2v) is 6.67. The highest BCUT2D eigenvalue weighted by Gasteiger charge is 2.08. The van der Waals surface area contributed by atoms with Crippen molar-refractivity contribution in [3.05, 3.63) is 58.6 Å². The van der Waals surface area contributed by atoms with E-state index in [4.69, 9.17) is 21.7 Å². The highest BCUT2D eigenvalue weighted by atomic mass is 79.9. The van der Waals surface area contributed by atoms with Gasteiger partial charge in [-0.05, 0) is 55.0 Å². The number of amides is 2. The Hall–Kier alpha value is -2.65. The van der Waals surface area contributed by atoms with Crippen LogP contribution in [0.15, 0.2) is 53.0 Å². The molecule has 27 heavy (non-hydrogen) atoms. The molecule has 0 heterocycles. The van der Waals surface area contributed by atoms with Crippen molar-refractivity contribution in [1.29, 1.82) is 0 Å². The van der Waals surface area contributed by atoms with Crippen molar-refractivity contribution in [3.8, 4) is 11.5 Å². The monoisotopic (exact) mass is 451 g/mol. The van der Waals surface area contributed by atoms with Gasteiger partial charge in [0.25, 0.3) is 11.8 Å². The molecule has 0 aliphatic carbocycles. The predicted molar refractivity (Wildman–Crippen MR) is 108 cm³/mol. The first kappa shape index (κ1) is 20.7. The number of halogens is 1. The van der Waals surface area contributed by atoms with E-state index in [0.29, 0.717) is 11.5 Å². The van der Waals surface area contributed by atoms with Crippen molar-refractivity contribution in [1.82, 2.24) is 16.2 Å². The van der Waals surface area contributed by atoms with Gasteiger partial charge < -0.3 is 9.47 Å². The number of rotatable bonds is 6. The highest BCUT2D eigenvalue weighted by molar-refractivity contribution is 9.10. The maximum absolute atomic E-state index is 11.9. The molecule has 0 aliphatic rings. The summed E-state index contributed by atoms with van der Waals surface area (Å²) in [6.07, 6.45) is 0. The molecular formula is C18H18BrN3O4S. The first-order valence-electron chi connectivity index (χ1n) is 7.89. The van der Waals surface area contributed by atoms with E-state index in [9.17, 15) is 9.59 Å². The largest absolute Gasteiger partial charge is 0.484 e. The molecule has 0 atom stereocenters. The second kappa shape index (κ2) is 10.5. The summed E-state index contributed by atoms with van der Waals surface area (Å²) in [5.74, 6) is 0.268. The Bertz CT molecular complexity index is 818. The Labute approximate surface area is 170 Å². The molecule has 2 rings (SSSR count). The fourth-order valence-corrected chi connectivity index (χ4v) is 2.58. The van der Waals surface area contributed by atoms with Gasteiger partial charge in [-0.2, -0.15) is 0 Å². The number of nitrogens with one attached hydrogen (secondary N) is 3. The standard InChI is InChI=1S/C18H18BrN3O4S/c1-12-9-13(19)7-8-15(12)26-10-16(23)20-18(27)22-21-17(24)11-25-14-5-3-2-4-6-14/h2-9H,10-11H2,1H3,(H,21,24)(H2,20,22,23,27). The van der Waals surface area contributed by atoms with Crippen LogP contribution in [-0.4, -0.2) is 30.1 Å². The van der Waals surface area contributed by atoms with Crippen molar-refractivity contribution in [2.75, 3.05) is 13.2 Å². The molecule has 3 N–H and O–H groups in total. The van der Waals surface area contributed by atoms with Gasteiger partial charge in [0.1, 0.15) is 11.5 Å². The van der Waals surface area contributed by atoms with Crippen molar-refractivity contribution in [2.45, 2.75) is 6.92 Å². The van der Waals surface area contributed by atoms with E-state index in [-0.39, 0.29) is 18.3 Å². The van der Waals surface area contributed by atoms with Gasteiger partial charge in [0.15, 0.2) is 18.3 Å². The third-order valence-corrected chi connectivity index (χ3v) is 3.87. The molecule has 0 fully saturated rings. The molecule has 9 heteroatoms. The second-order valence-electron chi connectivity index (χ2n) is 5.35. The van der Waals surface area contributed by atoms with Crippen LogP contribution in [0.5, 0.6) is 11.5 Å². The molecule has 142 valence electrons. The number of aryl methyl sites for hydroxylation is 1. The number of hydrogen-bond acceptors (Lipinski definition) is 5. The molecule has 0 radical (unpaired) electrons. The van der Waals surface area contributed by atoms with Crippen molar-refractivity contribution < 1.29 is 19.1 Å². The van der Waals surface area contributed by atoms with E-state index in [1.165, 1.54) is 0 Å². The average molecular weight is 452 g/mol. The zero-order chi connectivity index (χ0) is 19.6. The fourth-order valence-electron chi connectivity index (χ4n) is 1.94. The maximum Gasteiger partial charge on any atom is 0.276 e. The lowest BCUT2D eigenvalue weighted by Gasteiger charge is -2.12. The van der Waals surface area contributed by atoms with Crippen LogP contribution in [0.1, 0.15) is 5.56 Å². The van der Waals surface area contributed by atoms with Gasteiger partial charge in [-0.1, -0.05) is 34.1 Å².